The highest BCUT2D eigenvalue weighted by Gasteiger charge is 2.27. The Morgan fingerprint density at radius 2 is 1.83 bits per heavy atom. The Morgan fingerprint density at radius 1 is 1.14 bits per heavy atom. The number of alkyl halides is 3. The Kier molecular flexibility index (Phi) is 7.43. The molecular weight excluding hydrogens is 516 g/mol. The van der Waals surface area contributed by atoms with Crippen molar-refractivity contribution >= 4 is 38.9 Å². The molecule has 2 aromatic carbocycles. The Hall–Kier alpha value is -3.28. The lowest BCUT2D eigenvalue weighted by Crippen LogP contribution is -2.37. The van der Waals surface area contributed by atoms with E-state index in [-0.39, 0.29) is 16.2 Å². The van der Waals surface area contributed by atoms with E-state index >= 15 is 0 Å². The predicted molar refractivity (Wildman–Crippen MR) is 132 cm³/mol. The normalized spacial score (nSPS) is 14.4. The summed E-state index contributed by atoms with van der Waals surface area (Å²) < 4.78 is 59.5. The van der Waals surface area contributed by atoms with Crippen LogP contribution in [-0.4, -0.2) is 57.4 Å². The fourth-order valence-electron chi connectivity index (χ4n) is 3.66. The van der Waals surface area contributed by atoms with Crippen LogP contribution < -0.4 is 15.0 Å². The molecule has 4 rings (SSSR count). The van der Waals surface area contributed by atoms with E-state index in [0.717, 1.165) is 6.26 Å². The number of nitrogens with zero attached hydrogens (tertiary/aromatic N) is 2. The minimum atomic E-state index is -3.84. The number of benzene rings is 2. The van der Waals surface area contributed by atoms with Crippen LogP contribution in [-0.2, 0) is 14.6 Å². The number of sulfone groups is 1. The van der Waals surface area contributed by atoms with Gasteiger partial charge >= 0.3 is 5.57 Å². The molecule has 36 heavy (non-hydrogen) atoms. The molecule has 0 saturated carbocycles. The van der Waals surface area contributed by atoms with Gasteiger partial charge in [-0.05, 0) is 48.0 Å². The number of hydrogen-bond acceptors (Lipinski definition) is 7. The van der Waals surface area contributed by atoms with Gasteiger partial charge in [-0.15, -0.1) is 8.78 Å². The molecule has 1 saturated heterocycles. The summed E-state index contributed by atoms with van der Waals surface area (Å²) in [7, 11) is -3.45. The molecule has 1 amide bonds. The highest BCUT2D eigenvalue weighted by molar-refractivity contribution is 7.90. The first kappa shape index (κ1) is 25.8. The lowest BCUT2D eigenvalue weighted by molar-refractivity contribution is -0.0964. The van der Waals surface area contributed by atoms with Crippen molar-refractivity contribution in [2.45, 2.75) is 10.5 Å². The molecule has 3 aromatic rings. The lowest BCUT2D eigenvalue weighted by Gasteiger charge is -2.29. The number of anilines is 2. The molecule has 1 fully saturated rings. The van der Waals surface area contributed by atoms with E-state index in [4.69, 9.17) is 16.3 Å². The van der Waals surface area contributed by atoms with Gasteiger partial charge in [-0.25, -0.2) is 13.4 Å². The summed E-state index contributed by atoms with van der Waals surface area (Å²) in [6.45, 7) is 2.21. The van der Waals surface area contributed by atoms with Crippen molar-refractivity contribution in [1.29, 1.82) is 0 Å². The number of aromatic nitrogens is 1. The van der Waals surface area contributed by atoms with Gasteiger partial charge in [0.05, 0.1) is 23.7 Å². The first-order valence-electron chi connectivity index (χ1n) is 10.8. The van der Waals surface area contributed by atoms with Gasteiger partial charge in [0.1, 0.15) is 11.6 Å². The molecule has 0 spiro atoms. The van der Waals surface area contributed by atoms with Gasteiger partial charge in [0.25, 0.3) is 5.91 Å². The summed E-state index contributed by atoms with van der Waals surface area (Å²) >= 11 is 4.76. The van der Waals surface area contributed by atoms with Gasteiger partial charge in [-0.2, -0.15) is 0 Å². The monoisotopic (exact) mass is 537 g/mol. The second-order valence-corrected chi connectivity index (χ2v) is 10.5. The maximum Gasteiger partial charge on any atom is 0.487 e. The SMILES string of the molecule is CS(=O)(=O)c1cccc(-c2cc(C(=O)Nc3ccc(OC(F)(F)Cl)cc3)cnc2N2CCOCC2)c1. The number of hydrogen-bond donors (Lipinski definition) is 1. The number of ether oxygens (including phenoxy) is 2. The number of carbonyl (C=O) groups excluding carboxylic acids is 1. The van der Waals surface area contributed by atoms with E-state index in [1.54, 1.807) is 24.3 Å². The van der Waals surface area contributed by atoms with Crippen LogP contribution in [0, 0.1) is 0 Å². The third-order valence-corrected chi connectivity index (χ3v) is 6.55. The molecule has 0 bridgehead atoms. The number of pyridine rings is 1. The van der Waals surface area contributed by atoms with Crippen molar-refractivity contribution in [1.82, 2.24) is 4.98 Å². The molecule has 1 aliphatic rings. The van der Waals surface area contributed by atoms with Crippen LogP contribution >= 0.6 is 11.6 Å². The molecule has 12 heteroatoms. The average Bonchev–Trinajstić information content (AvgIpc) is 2.84. The van der Waals surface area contributed by atoms with Crippen molar-refractivity contribution in [2.24, 2.45) is 0 Å². The van der Waals surface area contributed by atoms with Crippen LogP contribution in [0.15, 0.2) is 65.7 Å². The van der Waals surface area contributed by atoms with E-state index in [2.05, 4.69) is 15.0 Å². The quantitative estimate of drug-likeness (QED) is 0.446. The van der Waals surface area contributed by atoms with Crippen LogP contribution in [0.4, 0.5) is 20.3 Å². The van der Waals surface area contributed by atoms with Gasteiger partial charge in [0.15, 0.2) is 9.84 Å². The van der Waals surface area contributed by atoms with E-state index in [0.29, 0.717) is 48.9 Å². The smallest absolute Gasteiger partial charge is 0.420 e. The van der Waals surface area contributed by atoms with Crippen LogP contribution in [0.3, 0.4) is 0 Å². The van der Waals surface area contributed by atoms with E-state index in [1.165, 1.54) is 36.5 Å². The molecule has 190 valence electrons. The second-order valence-electron chi connectivity index (χ2n) is 8.02. The summed E-state index contributed by atoms with van der Waals surface area (Å²) in [5, 5.41) is 2.68. The zero-order chi connectivity index (χ0) is 25.9. The highest BCUT2D eigenvalue weighted by atomic mass is 35.5. The van der Waals surface area contributed by atoms with Crippen molar-refractivity contribution < 1.29 is 31.5 Å². The van der Waals surface area contributed by atoms with Gasteiger partial charge in [-0.1, -0.05) is 12.1 Å². The summed E-state index contributed by atoms with van der Waals surface area (Å²) in [5.41, 5.74) is -2.11. The van der Waals surface area contributed by atoms with Crippen molar-refractivity contribution in [3.8, 4) is 16.9 Å². The predicted octanol–water partition coefficient (Wildman–Crippen LogP) is 4.41. The Morgan fingerprint density at radius 3 is 2.47 bits per heavy atom. The highest BCUT2D eigenvalue weighted by Crippen LogP contribution is 2.32. The van der Waals surface area contributed by atoms with Crippen molar-refractivity contribution in [3.63, 3.8) is 0 Å². The minimum absolute atomic E-state index is 0.146. The zero-order valence-corrected chi connectivity index (χ0v) is 20.7. The molecule has 1 aromatic heterocycles. The van der Waals surface area contributed by atoms with Crippen LogP contribution in [0.5, 0.6) is 5.75 Å². The Bertz CT molecular complexity index is 1360. The largest absolute Gasteiger partial charge is 0.487 e. The molecule has 8 nitrogen and oxygen atoms in total. The number of carbonyl (C=O) groups is 1. The van der Waals surface area contributed by atoms with Crippen LogP contribution in [0.1, 0.15) is 10.4 Å². The van der Waals surface area contributed by atoms with E-state index < -0.39 is 21.3 Å². The number of morpholine rings is 1. The van der Waals surface area contributed by atoms with Crippen LogP contribution in [0.2, 0.25) is 0 Å². The number of nitrogens with one attached hydrogen (secondary N) is 1. The summed E-state index contributed by atoms with van der Waals surface area (Å²) in [4.78, 5) is 19.7. The molecule has 1 aliphatic heterocycles. The molecule has 0 aliphatic carbocycles. The van der Waals surface area contributed by atoms with E-state index in [9.17, 15) is 22.0 Å². The maximum absolute atomic E-state index is 13.0. The summed E-state index contributed by atoms with van der Waals surface area (Å²) in [6.07, 6.45) is 2.55. The van der Waals surface area contributed by atoms with Gasteiger partial charge in [0, 0.05) is 48.4 Å². The molecule has 0 radical (unpaired) electrons. The van der Waals surface area contributed by atoms with Crippen molar-refractivity contribution in [2.75, 3.05) is 42.8 Å². The number of amides is 1. The van der Waals surface area contributed by atoms with Gasteiger partial charge < -0.3 is 19.7 Å². The molecule has 1 N–H and O–H groups in total. The fraction of sp³-hybridized carbons (Fsp3) is 0.250. The lowest BCUT2D eigenvalue weighted by atomic mass is 10.0. The number of halogens is 3. The maximum atomic E-state index is 13.0. The first-order chi connectivity index (χ1) is 17.0. The average molecular weight is 538 g/mol. The molecular formula is C24H22ClF2N3O5S. The van der Waals surface area contributed by atoms with Crippen LogP contribution in [0.25, 0.3) is 11.1 Å². The topological polar surface area (TPSA) is 97.8 Å². The third kappa shape index (κ3) is 6.48. The fourth-order valence-corrected chi connectivity index (χ4v) is 4.41. The Balaban J connectivity index is 1.65. The molecule has 0 unspecified atom stereocenters. The first-order valence-corrected chi connectivity index (χ1v) is 13.1. The summed E-state index contributed by atoms with van der Waals surface area (Å²) in [6, 6.07) is 13.3. The second kappa shape index (κ2) is 10.4. The minimum Gasteiger partial charge on any atom is -0.420 e. The number of rotatable bonds is 7. The van der Waals surface area contributed by atoms with Gasteiger partial charge in [-0.3, -0.25) is 4.79 Å². The van der Waals surface area contributed by atoms with Gasteiger partial charge in [0.2, 0.25) is 0 Å². The Labute approximate surface area is 211 Å². The van der Waals surface area contributed by atoms with E-state index in [1.807, 2.05) is 4.90 Å². The third-order valence-electron chi connectivity index (χ3n) is 5.36. The molecule has 2 heterocycles. The zero-order valence-electron chi connectivity index (χ0n) is 19.1. The standard InChI is InChI=1S/C24H22ClF2N3O5S/c1-36(32,33)20-4-2-3-16(13-20)21-14-17(15-28-22(21)30-9-11-34-12-10-30)23(31)29-18-5-7-19(8-6-18)35-24(25,26)27/h2-8,13-15H,9-12H2,1H3,(H,29,31). The summed E-state index contributed by atoms with van der Waals surface area (Å²) in [5.74, 6) is -0.0607. The molecule has 0 atom stereocenters. The van der Waals surface area contributed by atoms with Crippen molar-refractivity contribution in [3.05, 3.63) is 66.4 Å².